The molecule has 2 N–H and O–H groups in total. The summed E-state index contributed by atoms with van der Waals surface area (Å²) in [6.45, 7) is 2.73. The molecule has 0 bridgehead atoms. The van der Waals surface area contributed by atoms with Crippen molar-refractivity contribution < 1.29 is 4.79 Å². The molecule has 2 rings (SSSR count). The van der Waals surface area contributed by atoms with Gasteiger partial charge in [-0.3, -0.25) is 4.79 Å². The summed E-state index contributed by atoms with van der Waals surface area (Å²) in [6.07, 6.45) is 1.41. The van der Waals surface area contributed by atoms with E-state index in [1.807, 2.05) is 18.2 Å². The zero-order valence-corrected chi connectivity index (χ0v) is 11.7. The second kappa shape index (κ2) is 6.94. The standard InChI is InChI=1S/C14H15ClN4O/c15-12-3-1-2-4-13(12)18-10-11(9-16)14(20)19-7-5-17-6-8-19/h1-4,10,17-18H,5-8H2/b11-10-. The summed E-state index contributed by atoms with van der Waals surface area (Å²) in [5, 5.41) is 15.7. The van der Waals surface area contributed by atoms with Crippen molar-refractivity contribution in [2.45, 2.75) is 0 Å². The molecule has 1 heterocycles. The Morgan fingerprint density at radius 3 is 2.75 bits per heavy atom. The number of nitrogens with zero attached hydrogens (tertiary/aromatic N) is 2. The molecule has 1 aliphatic heterocycles. The van der Waals surface area contributed by atoms with Gasteiger partial charge in [0, 0.05) is 32.4 Å². The van der Waals surface area contributed by atoms with Crippen molar-refractivity contribution in [3.63, 3.8) is 0 Å². The maximum Gasteiger partial charge on any atom is 0.266 e. The topological polar surface area (TPSA) is 68.2 Å². The highest BCUT2D eigenvalue weighted by molar-refractivity contribution is 6.33. The fourth-order valence-electron chi connectivity index (χ4n) is 1.91. The number of para-hydroxylation sites is 1. The van der Waals surface area contributed by atoms with E-state index in [0.29, 0.717) is 23.8 Å². The fraction of sp³-hybridized carbons (Fsp3) is 0.286. The average Bonchev–Trinajstić information content (AvgIpc) is 2.50. The Hall–Kier alpha value is -2.03. The molecule has 0 unspecified atom stereocenters. The van der Waals surface area contributed by atoms with E-state index in [2.05, 4.69) is 10.6 Å². The molecule has 1 aliphatic rings. The fourth-order valence-corrected chi connectivity index (χ4v) is 2.10. The number of benzene rings is 1. The maximum absolute atomic E-state index is 12.2. The van der Waals surface area contributed by atoms with Gasteiger partial charge in [0.05, 0.1) is 10.7 Å². The van der Waals surface area contributed by atoms with Crippen molar-refractivity contribution in [3.8, 4) is 6.07 Å². The Kier molecular flexibility index (Phi) is 4.99. The molecule has 1 fully saturated rings. The van der Waals surface area contributed by atoms with E-state index < -0.39 is 0 Å². The highest BCUT2D eigenvalue weighted by atomic mass is 35.5. The largest absolute Gasteiger partial charge is 0.359 e. The molecule has 1 aromatic rings. The summed E-state index contributed by atoms with van der Waals surface area (Å²) >= 11 is 6.00. The Balaban J connectivity index is 2.08. The van der Waals surface area contributed by atoms with Crippen LogP contribution in [0.2, 0.25) is 5.02 Å². The maximum atomic E-state index is 12.2. The average molecular weight is 291 g/mol. The van der Waals surface area contributed by atoms with Gasteiger partial charge in [-0.25, -0.2) is 0 Å². The first-order valence-electron chi connectivity index (χ1n) is 6.33. The molecule has 0 atom stereocenters. The van der Waals surface area contributed by atoms with E-state index in [0.717, 1.165) is 13.1 Å². The number of amides is 1. The summed E-state index contributed by atoms with van der Waals surface area (Å²) in [5.41, 5.74) is 0.738. The lowest BCUT2D eigenvalue weighted by Crippen LogP contribution is -2.46. The minimum absolute atomic E-state index is 0.0758. The van der Waals surface area contributed by atoms with Crippen LogP contribution in [0.5, 0.6) is 0 Å². The molecule has 20 heavy (non-hydrogen) atoms. The SMILES string of the molecule is N#C/C(=C/Nc1ccccc1Cl)C(=O)N1CCNCC1. The molecular weight excluding hydrogens is 276 g/mol. The Labute approximate surface area is 122 Å². The van der Waals surface area contributed by atoms with Crippen molar-refractivity contribution >= 4 is 23.2 Å². The van der Waals surface area contributed by atoms with Gasteiger partial charge in [-0.05, 0) is 12.1 Å². The van der Waals surface area contributed by atoms with Crippen LogP contribution in [0.3, 0.4) is 0 Å². The van der Waals surface area contributed by atoms with E-state index in [1.54, 1.807) is 17.0 Å². The minimum Gasteiger partial charge on any atom is -0.359 e. The summed E-state index contributed by atoms with van der Waals surface area (Å²) < 4.78 is 0. The number of rotatable bonds is 3. The van der Waals surface area contributed by atoms with Crippen molar-refractivity contribution in [1.29, 1.82) is 5.26 Å². The summed E-state index contributed by atoms with van der Waals surface area (Å²) in [4.78, 5) is 13.8. The van der Waals surface area contributed by atoms with E-state index in [9.17, 15) is 4.79 Å². The van der Waals surface area contributed by atoms with Gasteiger partial charge in [-0.2, -0.15) is 5.26 Å². The molecule has 0 spiro atoms. The number of carbonyl (C=O) groups is 1. The lowest BCUT2D eigenvalue weighted by atomic mass is 10.2. The van der Waals surface area contributed by atoms with Crippen LogP contribution in [-0.2, 0) is 4.79 Å². The monoisotopic (exact) mass is 290 g/mol. The van der Waals surface area contributed by atoms with Crippen molar-refractivity contribution in [1.82, 2.24) is 10.2 Å². The van der Waals surface area contributed by atoms with Crippen LogP contribution in [0.1, 0.15) is 0 Å². The summed E-state index contributed by atoms with van der Waals surface area (Å²) in [7, 11) is 0. The molecule has 0 aliphatic carbocycles. The Morgan fingerprint density at radius 1 is 1.40 bits per heavy atom. The molecule has 1 saturated heterocycles. The van der Waals surface area contributed by atoms with Gasteiger partial charge in [0.1, 0.15) is 11.6 Å². The predicted octanol–water partition coefficient (Wildman–Crippen LogP) is 1.59. The third-order valence-electron chi connectivity index (χ3n) is 3.00. The molecule has 1 aromatic carbocycles. The van der Waals surface area contributed by atoms with Crippen LogP contribution in [0, 0.1) is 11.3 Å². The van der Waals surface area contributed by atoms with Gasteiger partial charge in [0.25, 0.3) is 5.91 Å². The van der Waals surface area contributed by atoms with E-state index >= 15 is 0 Å². The van der Waals surface area contributed by atoms with Crippen molar-refractivity contribution in [3.05, 3.63) is 41.1 Å². The number of halogens is 1. The van der Waals surface area contributed by atoms with Gasteiger partial charge in [0.2, 0.25) is 0 Å². The molecule has 0 saturated carbocycles. The molecular formula is C14H15ClN4O. The zero-order chi connectivity index (χ0) is 14.4. The highest BCUT2D eigenvalue weighted by Gasteiger charge is 2.19. The molecule has 0 aromatic heterocycles. The summed E-state index contributed by atoms with van der Waals surface area (Å²) in [5.74, 6) is -0.256. The van der Waals surface area contributed by atoms with Crippen LogP contribution in [-0.4, -0.2) is 37.0 Å². The first-order chi connectivity index (χ1) is 9.72. The predicted molar refractivity (Wildman–Crippen MR) is 78.2 cm³/mol. The van der Waals surface area contributed by atoms with Crippen LogP contribution >= 0.6 is 11.6 Å². The zero-order valence-electron chi connectivity index (χ0n) is 10.9. The Bertz CT molecular complexity index is 559. The highest BCUT2D eigenvalue weighted by Crippen LogP contribution is 2.20. The van der Waals surface area contributed by atoms with Gasteiger partial charge >= 0.3 is 0 Å². The van der Waals surface area contributed by atoms with E-state index in [4.69, 9.17) is 16.9 Å². The second-order valence-corrected chi connectivity index (χ2v) is 4.74. The smallest absolute Gasteiger partial charge is 0.266 e. The Morgan fingerprint density at radius 2 is 2.10 bits per heavy atom. The molecule has 1 amide bonds. The summed E-state index contributed by atoms with van der Waals surface area (Å²) in [6, 6.07) is 9.09. The minimum atomic E-state index is -0.256. The van der Waals surface area contributed by atoms with E-state index in [1.165, 1.54) is 6.20 Å². The van der Waals surface area contributed by atoms with Gasteiger partial charge < -0.3 is 15.5 Å². The lowest BCUT2D eigenvalue weighted by Gasteiger charge is -2.27. The number of hydrogen-bond acceptors (Lipinski definition) is 4. The third kappa shape index (κ3) is 3.50. The number of piperazine rings is 1. The first-order valence-corrected chi connectivity index (χ1v) is 6.71. The number of hydrogen-bond donors (Lipinski definition) is 2. The number of carbonyl (C=O) groups excluding carboxylic acids is 1. The molecule has 104 valence electrons. The third-order valence-corrected chi connectivity index (χ3v) is 3.33. The second-order valence-electron chi connectivity index (χ2n) is 4.34. The van der Waals surface area contributed by atoms with Crippen molar-refractivity contribution in [2.24, 2.45) is 0 Å². The lowest BCUT2D eigenvalue weighted by molar-refractivity contribution is -0.127. The number of nitrogens with one attached hydrogen (secondary N) is 2. The van der Waals surface area contributed by atoms with E-state index in [-0.39, 0.29) is 11.5 Å². The number of anilines is 1. The molecule has 5 nitrogen and oxygen atoms in total. The van der Waals surface area contributed by atoms with Gasteiger partial charge in [-0.1, -0.05) is 23.7 Å². The normalized spacial score (nSPS) is 15.6. The molecule has 6 heteroatoms. The van der Waals surface area contributed by atoms with Crippen LogP contribution in [0.25, 0.3) is 0 Å². The quantitative estimate of drug-likeness (QED) is 0.655. The van der Waals surface area contributed by atoms with Crippen LogP contribution < -0.4 is 10.6 Å². The number of nitriles is 1. The molecule has 0 radical (unpaired) electrons. The first kappa shape index (κ1) is 14.4. The van der Waals surface area contributed by atoms with Gasteiger partial charge in [0.15, 0.2) is 0 Å². The van der Waals surface area contributed by atoms with Gasteiger partial charge in [-0.15, -0.1) is 0 Å². The van der Waals surface area contributed by atoms with Crippen molar-refractivity contribution in [2.75, 3.05) is 31.5 Å². The van der Waals surface area contributed by atoms with Crippen LogP contribution in [0.15, 0.2) is 36.0 Å². The van der Waals surface area contributed by atoms with Crippen LogP contribution in [0.4, 0.5) is 5.69 Å².